The van der Waals surface area contributed by atoms with Crippen LogP contribution in [-0.4, -0.2) is 62.7 Å². The number of rotatable bonds is 4. The van der Waals surface area contributed by atoms with Crippen molar-refractivity contribution in [2.24, 2.45) is 0 Å². The molecule has 1 amide bonds. The smallest absolute Gasteiger partial charge is 0.241 e. The number of aromatic nitrogens is 1. The molecule has 1 aliphatic rings. The van der Waals surface area contributed by atoms with E-state index in [0.717, 1.165) is 24.5 Å². The molecule has 0 bridgehead atoms. The molecule has 2 heterocycles. The number of hydrogen-bond donors (Lipinski definition) is 1. The molecule has 1 aromatic rings. The van der Waals surface area contributed by atoms with Gasteiger partial charge in [0.25, 0.3) is 0 Å². The van der Waals surface area contributed by atoms with Gasteiger partial charge < -0.3 is 15.0 Å². The van der Waals surface area contributed by atoms with Crippen LogP contribution in [0.1, 0.15) is 6.42 Å². The van der Waals surface area contributed by atoms with Crippen molar-refractivity contribution in [3.8, 4) is 0 Å². The standard InChI is InChI=1S/C14H22N4O2/c1-17(2)13-11(6-5-7-15-13)16-14(19)12-8-10(20-4)9-18(12)3/h5-7,10,12H,8-9H2,1-4H3,(H,16,19)/t10-,12-/m0/s1. The van der Waals surface area contributed by atoms with Gasteiger partial charge in [0.2, 0.25) is 5.91 Å². The molecule has 1 aromatic heterocycles. The molecule has 0 unspecified atom stereocenters. The predicted octanol–water partition coefficient (Wildman–Crippen LogP) is 0.805. The lowest BCUT2D eigenvalue weighted by Gasteiger charge is -2.20. The summed E-state index contributed by atoms with van der Waals surface area (Å²) in [7, 11) is 7.44. The van der Waals surface area contributed by atoms with Crippen molar-refractivity contribution >= 4 is 17.4 Å². The molecular weight excluding hydrogens is 256 g/mol. The van der Waals surface area contributed by atoms with Gasteiger partial charge in [0.05, 0.1) is 17.8 Å². The van der Waals surface area contributed by atoms with Crippen LogP contribution in [-0.2, 0) is 9.53 Å². The zero-order valence-electron chi connectivity index (χ0n) is 12.5. The van der Waals surface area contributed by atoms with Gasteiger partial charge in [-0.25, -0.2) is 4.98 Å². The highest BCUT2D eigenvalue weighted by atomic mass is 16.5. The third kappa shape index (κ3) is 3.08. The fourth-order valence-corrected chi connectivity index (χ4v) is 2.50. The number of likely N-dealkylation sites (tertiary alicyclic amines) is 1. The van der Waals surface area contributed by atoms with E-state index in [1.165, 1.54) is 0 Å². The monoisotopic (exact) mass is 278 g/mol. The zero-order chi connectivity index (χ0) is 14.7. The van der Waals surface area contributed by atoms with E-state index in [9.17, 15) is 4.79 Å². The maximum atomic E-state index is 12.4. The molecule has 110 valence electrons. The van der Waals surface area contributed by atoms with Crippen LogP contribution in [0.4, 0.5) is 11.5 Å². The van der Waals surface area contributed by atoms with E-state index in [1.807, 2.05) is 43.1 Å². The second-order valence-corrected chi connectivity index (χ2v) is 5.31. The van der Waals surface area contributed by atoms with E-state index in [2.05, 4.69) is 10.3 Å². The summed E-state index contributed by atoms with van der Waals surface area (Å²) in [5.41, 5.74) is 0.733. The zero-order valence-corrected chi connectivity index (χ0v) is 12.5. The molecule has 6 nitrogen and oxygen atoms in total. The summed E-state index contributed by atoms with van der Waals surface area (Å²) in [5.74, 6) is 0.743. The Bertz CT molecular complexity index is 478. The van der Waals surface area contributed by atoms with Crippen molar-refractivity contribution in [2.45, 2.75) is 18.6 Å². The van der Waals surface area contributed by atoms with Gasteiger partial charge in [0.15, 0.2) is 5.82 Å². The van der Waals surface area contributed by atoms with Crippen LogP contribution < -0.4 is 10.2 Å². The molecule has 0 aliphatic carbocycles. The van der Waals surface area contributed by atoms with E-state index >= 15 is 0 Å². The number of methoxy groups -OCH3 is 1. The molecule has 1 aliphatic heterocycles. The Balaban J connectivity index is 2.09. The summed E-state index contributed by atoms with van der Waals surface area (Å²) < 4.78 is 5.33. The Kier molecular flexibility index (Phi) is 4.57. The number of likely N-dealkylation sites (N-methyl/N-ethyl adjacent to an activating group) is 1. The highest BCUT2D eigenvalue weighted by Gasteiger charge is 2.34. The third-order valence-corrected chi connectivity index (χ3v) is 3.61. The number of anilines is 2. The summed E-state index contributed by atoms with van der Waals surface area (Å²) in [5, 5.41) is 2.97. The number of nitrogens with one attached hydrogen (secondary N) is 1. The lowest BCUT2D eigenvalue weighted by Crippen LogP contribution is -2.37. The fraction of sp³-hybridized carbons (Fsp3) is 0.571. The Labute approximate surface area is 119 Å². The lowest BCUT2D eigenvalue weighted by atomic mass is 10.2. The van der Waals surface area contributed by atoms with Crippen LogP contribution in [0.25, 0.3) is 0 Å². The van der Waals surface area contributed by atoms with Crippen LogP contribution in [0.3, 0.4) is 0 Å². The highest BCUT2D eigenvalue weighted by molar-refractivity contribution is 5.97. The molecule has 1 saturated heterocycles. The molecule has 6 heteroatoms. The lowest BCUT2D eigenvalue weighted by molar-refractivity contribution is -0.120. The summed E-state index contributed by atoms with van der Waals surface area (Å²) in [6.45, 7) is 0.780. The molecule has 0 aromatic carbocycles. The summed E-state index contributed by atoms with van der Waals surface area (Å²) in [6, 6.07) is 3.53. The molecule has 2 rings (SSSR count). The van der Waals surface area contributed by atoms with E-state index in [0.29, 0.717) is 0 Å². The number of ether oxygens (including phenoxy) is 1. The maximum absolute atomic E-state index is 12.4. The second-order valence-electron chi connectivity index (χ2n) is 5.31. The van der Waals surface area contributed by atoms with Crippen LogP contribution in [0.5, 0.6) is 0 Å². The van der Waals surface area contributed by atoms with Crippen molar-refractivity contribution in [2.75, 3.05) is 45.0 Å². The minimum atomic E-state index is -0.157. The van der Waals surface area contributed by atoms with Gasteiger partial charge >= 0.3 is 0 Å². The molecular formula is C14H22N4O2. The average Bonchev–Trinajstić information content (AvgIpc) is 2.80. The van der Waals surface area contributed by atoms with E-state index in [4.69, 9.17) is 4.74 Å². The quantitative estimate of drug-likeness (QED) is 0.883. The summed E-state index contributed by atoms with van der Waals surface area (Å²) in [6.07, 6.45) is 2.56. The first-order chi connectivity index (χ1) is 9.52. The summed E-state index contributed by atoms with van der Waals surface area (Å²) >= 11 is 0. The number of pyridine rings is 1. The normalized spacial score (nSPS) is 22.8. The molecule has 1 N–H and O–H groups in total. The number of hydrogen-bond acceptors (Lipinski definition) is 5. The van der Waals surface area contributed by atoms with Gasteiger partial charge in [0.1, 0.15) is 0 Å². The van der Waals surface area contributed by atoms with Gasteiger partial charge in [0, 0.05) is 33.9 Å². The maximum Gasteiger partial charge on any atom is 0.241 e. The predicted molar refractivity (Wildman–Crippen MR) is 79.0 cm³/mol. The van der Waals surface area contributed by atoms with Crippen LogP contribution in [0.15, 0.2) is 18.3 Å². The molecule has 0 radical (unpaired) electrons. The molecule has 20 heavy (non-hydrogen) atoms. The minimum Gasteiger partial charge on any atom is -0.380 e. The van der Waals surface area contributed by atoms with Crippen LogP contribution >= 0.6 is 0 Å². The van der Waals surface area contributed by atoms with Gasteiger partial charge in [-0.1, -0.05) is 0 Å². The minimum absolute atomic E-state index is 0.0110. The second kappa shape index (κ2) is 6.19. The van der Waals surface area contributed by atoms with E-state index < -0.39 is 0 Å². The average molecular weight is 278 g/mol. The third-order valence-electron chi connectivity index (χ3n) is 3.61. The number of amides is 1. The van der Waals surface area contributed by atoms with Crippen LogP contribution in [0, 0.1) is 0 Å². The fourth-order valence-electron chi connectivity index (χ4n) is 2.50. The van der Waals surface area contributed by atoms with Crippen molar-refractivity contribution in [1.29, 1.82) is 0 Å². The highest BCUT2D eigenvalue weighted by Crippen LogP contribution is 2.23. The molecule has 0 saturated carbocycles. The van der Waals surface area contributed by atoms with Crippen molar-refractivity contribution in [1.82, 2.24) is 9.88 Å². The molecule has 0 spiro atoms. The Morgan fingerprint density at radius 3 is 2.90 bits per heavy atom. The van der Waals surface area contributed by atoms with Gasteiger partial charge in [-0.15, -0.1) is 0 Å². The Morgan fingerprint density at radius 1 is 1.55 bits per heavy atom. The van der Waals surface area contributed by atoms with Crippen molar-refractivity contribution < 1.29 is 9.53 Å². The molecule has 1 fully saturated rings. The number of carbonyl (C=O) groups excluding carboxylic acids is 1. The first kappa shape index (κ1) is 14.7. The van der Waals surface area contributed by atoms with Gasteiger partial charge in [-0.2, -0.15) is 0 Å². The largest absolute Gasteiger partial charge is 0.380 e. The van der Waals surface area contributed by atoms with Crippen molar-refractivity contribution in [3.05, 3.63) is 18.3 Å². The van der Waals surface area contributed by atoms with Crippen molar-refractivity contribution in [3.63, 3.8) is 0 Å². The Hall–Kier alpha value is -1.66. The molecule has 2 atom stereocenters. The van der Waals surface area contributed by atoms with Crippen LogP contribution in [0.2, 0.25) is 0 Å². The first-order valence-electron chi connectivity index (χ1n) is 6.69. The number of nitrogens with zero attached hydrogens (tertiary/aromatic N) is 3. The summed E-state index contributed by atoms with van der Waals surface area (Å²) in [4.78, 5) is 20.6. The SMILES string of the molecule is CO[C@H]1C[C@@H](C(=O)Nc2cccnc2N(C)C)N(C)C1. The van der Waals surface area contributed by atoms with E-state index in [1.54, 1.807) is 13.3 Å². The Morgan fingerprint density at radius 2 is 2.30 bits per heavy atom. The number of carbonyl (C=O) groups is 1. The topological polar surface area (TPSA) is 57.7 Å². The van der Waals surface area contributed by atoms with E-state index in [-0.39, 0.29) is 18.1 Å². The first-order valence-corrected chi connectivity index (χ1v) is 6.69. The van der Waals surface area contributed by atoms with Gasteiger partial charge in [-0.3, -0.25) is 9.69 Å². The van der Waals surface area contributed by atoms with Gasteiger partial charge in [-0.05, 0) is 25.6 Å².